The van der Waals surface area contributed by atoms with E-state index in [0.29, 0.717) is 11.6 Å². The van der Waals surface area contributed by atoms with Gasteiger partial charge in [0, 0.05) is 18.8 Å². The normalized spacial score (nSPS) is 23.3. The van der Waals surface area contributed by atoms with Crippen molar-refractivity contribution in [3.63, 3.8) is 0 Å². The molecule has 25 heavy (non-hydrogen) atoms. The number of para-hydroxylation sites is 1. The molecule has 2 aliphatic rings. The molecule has 0 bridgehead atoms. The smallest absolute Gasteiger partial charge is 0.272 e. The minimum Gasteiger partial charge on any atom is -0.337 e. The van der Waals surface area contributed by atoms with Gasteiger partial charge in [-0.2, -0.15) is 0 Å². The molecule has 1 aliphatic heterocycles. The van der Waals surface area contributed by atoms with Gasteiger partial charge in [-0.15, -0.1) is 0 Å². The van der Waals surface area contributed by atoms with Crippen LogP contribution < -0.4 is 0 Å². The SMILES string of the molecule is CSc1ncc(C(=O)N2CC[C@@H]3CCCC[C@H]3C2)n1-c1ccccc1. The number of rotatable bonds is 3. The van der Waals surface area contributed by atoms with Crippen molar-refractivity contribution >= 4 is 17.7 Å². The van der Waals surface area contributed by atoms with Crippen LogP contribution in [0.2, 0.25) is 0 Å². The number of nitrogens with zero attached hydrogens (tertiary/aromatic N) is 3. The second-order valence-corrected chi connectivity index (χ2v) is 7.92. The van der Waals surface area contributed by atoms with Crippen molar-refractivity contribution in [2.45, 2.75) is 37.3 Å². The summed E-state index contributed by atoms with van der Waals surface area (Å²) in [5.74, 6) is 1.65. The maximum Gasteiger partial charge on any atom is 0.272 e. The third-order valence-corrected chi connectivity index (χ3v) is 6.38. The Hall–Kier alpha value is -1.75. The minimum atomic E-state index is 0.126. The van der Waals surface area contributed by atoms with Crippen molar-refractivity contribution in [1.29, 1.82) is 0 Å². The zero-order chi connectivity index (χ0) is 17.2. The van der Waals surface area contributed by atoms with Crippen LogP contribution in [0.5, 0.6) is 0 Å². The Kier molecular flexibility index (Phi) is 4.84. The van der Waals surface area contributed by atoms with Crippen molar-refractivity contribution in [3.05, 3.63) is 42.2 Å². The number of hydrogen-bond donors (Lipinski definition) is 0. The van der Waals surface area contributed by atoms with Crippen molar-refractivity contribution < 1.29 is 4.79 Å². The molecule has 5 heteroatoms. The highest BCUT2D eigenvalue weighted by molar-refractivity contribution is 7.98. The molecule has 1 amide bonds. The number of amides is 1. The van der Waals surface area contributed by atoms with Crippen molar-refractivity contribution in [2.75, 3.05) is 19.3 Å². The lowest BCUT2D eigenvalue weighted by Crippen LogP contribution is -2.45. The van der Waals surface area contributed by atoms with Crippen LogP contribution >= 0.6 is 11.8 Å². The van der Waals surface area contributed by atoms with Gasteiger partial charge >= 0.3 is 0 Å². The number of piperidine rings is 1. The standard InChI is InChI=1S/C20H25N3OS/c1-25-20-21-13-18(23(20)17-9-3-2-4-10-17)19(24)22-12-11-15-7-5-6-8-16(15)14-22/h2-4,9-10,13,15-16H,5-8,11-12,14H2,1H3/t15-,16-/m0/s1. The Labute approximate surface area is 153 Å². The van der Waals surface area contributed by atoms with Gasteiger partial charge in [0.05, 0.1) is 6.20 Å². The molecule has 4 rings (SSSR count). The summed E-state index contributed by atoms with van der Waals surface area (Å²) in [4.78, 5) is 19.8. The summed E-state index contributed by atoms with van der Waals surface area (Å²) in [5.41, 5.74) is 1.69. The monoisotopic (exact) mass is 355 g/mol. The lowest BCUT2D eigenvalue weighted by atomic mass is 9.75. The summed E-state index contributed by atoms with van der Waals surface area (Å²) in [7, 11) is 0. The second-order valence-electron chi connectivity index (χ2n) is 7.15. The summed E-state index contributed by atoms with van der Waals surface area (Å²) in [5, 5.41) is 0.863. The molecule has 2 aromatic rings. The zero-order valence-electron chi connectivity index (χ0n) is 14.7. The Morgan fingerprint density at radius 1 is 1.12 bits per heavy atom. The fourth-order valence-corrected chi connectivity index (χ4v) is 4.95. The van der Waals surface area contributed by atoms with E-state index < -0.39 is 0 Å². The molecule has 1 saturated carbocycles. The molecule has 0 radical (unpaired) electrons. The van der Waals surface area contributed by atoms with Gasteiger partial charge < -0.3 is 4.90 Å². The molecule has 1 aromatic heterocycles. The van der Waals surface area contributed by atoms with Gasteiger partial charge in [0.1, 0.15) is 5.69 Å². The second kappa shape index (κ2) is 7.24. The summed E-state index contributed by atoms with van der Waals surface area (Å²) in [6, 6.07) is 10.1. The minimum absolute atomic E-state index is 0.126. The maximum absolute atomic E-state index is 13.3. The van der Waals surface area contributed by atoms with E-state index in [1.54, 1.807) is 18.0 Å². The van der Waals surface area contributed by atoms with Gasteiger partial charge in [0.25, 0.3) is 5.91 Å². The van der Waals surface area contributed by atoms with Crippen LogP contribution in [0.15, 0.2) is 41.7 Å². The van der Waals surface area contributed by atoms with E-state index >= 15 is 0 Å². The summed E-state index contributed by atoms with van der Waals surface area (Å²) in [6.07, 6.45) is 10.2. The molecule has 4 nitrogen and oxygen atoms in total. The molecule has 1 saturated heterocycles. The van der Waals surface area contributed by atoms with Gasteiger partial charge in [-0.25, -0.2) is 4.98 Å². The number of benzene rings is 1. The Balaban J connectivity index is 1.61. The highest BCUT2D eigenvalue weighted by Gasteiger charge is 2.34. The van der Waals surface area contributed by atoms with E-state index in [2.05, 4.69) is 9.88 Å². The van der Waals surface area contributed by atoms with Gasteiger partial charge in [0.15, 0.2) is 5.16 Å². The first-order chi connectivity index (χ1) is 12.3. The predicted octanol–water partition coefficient (Wildman–Crippen LogP) is 4.25. The van der Waals surface area contributed by atoms with E-state index in [0.717, 1.165) is 36.3 Å². The average Bonchev–Trinajstić information content (AvgIpc) is 3.11. The lowest BCUT2D eigenvalue weighted by molar-refractivity contribution is 0.0513. The number of carbonyl (C=O) groups is 1. The molecule has 2 fully saturated rings. The third-order valence-electron chi connectivity index (χ3n) is 5.72. The lowest BCUT2D eigenvalue weighted by Gasteiger charge is -2.41. The first-order valence-electron chi connectivity index (χ1n) is 9.24. The number of thioether (sulfide) groups is 1. The van der Waals surface area contributed by atoms with E-state index in [4.69, 9.17) is 0 Å². The van der Waals surface area contributed by atoms with Crippen molar-refractivity contribution in [1.82, 2.24) is 14.5 Å². The average molecular weight is 356 g/mol. The predicted molar refractivity (Wildman–Crippen MR) is 101 cm³/mol. The Morgan fingerprint density at radius 3 is 2.64 bits per heavy atom. The third kappa shape index (κ3) is 3.22. The maximum atomic E-state index is 13.3. The van der Waals surface area contributed by atoms with Crippen LogP contribution in [0.25, 0.3) is 5.69 Å². The molecule has 2 atom stereocenters. The van der Waals surface area contributed by atoms with Crippen LogP contribution in [-0.4, -0.2) is 39.7 Å². The van der Waals surface area contributed by atoms with Gasteiger partial charge in [-0.05, 0) is 43.1 Å². The molecular weight excluding hydrogens is 330 g/mol. The number of hydrogen-bond acceptors (Lipinski definition) is 3. The van der Waals surface area contributed by atoms with Crippen LogP contribution in [0, 0.1) is 11.8 Å². The molecule has 0 unspecified atom stereocenters. The first-order valence-corrected chi connectivity index (χ1v) is 10.5. The number of aromatic nitrogens is 2. The van der Waals surface area contributed by atoms with E-state index in [9.17, 15) is 4.79 Å². The van der Waals surface area contributed by atoms with E-state index in [1.807, 2.05) is 41.2 Å². The molecule has 0 N–H and O–H groups in total. The van der Waals surface area contributed by atoms with Crippen molar-refractivity contribution in [2.24, 2.45) is 11.8 Å². The van der Waals surface area contributed by atoms with E-state index in [1.165, 1.54) is 25.7 Å². The Bertz CT molecular complexity index is 743. The highest BCUT2D eigenvalue weighted by Crippen LogP contribution is 2.36. The fourth-order valence-electron chi connectivity index (χ4n) is 4.40. The number of fused-ring (bicyclic) bond motifs is 1. The zero-order valence-corrected chi connectivity index (χ0v) is 15.5. The van der Waals surface area contributed by atoms with Gasteiger partial charge in [-0.1, -0.05) is 49.2 Å². The molecule has 2 heterocycles. The van der Waals surface area contributed by atoms with Crippen LogP contribution in [-0.2, 0) is 0 Å². The molecule has 1 aliphatic carbocycles. The van der Waals surface area contributed by atoms with E-state index in [-0.39, 0.29) is 5.91 Å². The number of likely N-dealkylation sites (tertiary alicyclic amines) is 1. The molecular formula is C20H25N3OS. The number of carbonyl (C=O) groups excluding carboxylic acids is 1. The van der Waals surface area contributed by atoms with Crippen LogP contribution in [0.3, 0.4) is 0 Å². The topological polar surface area (TPSA) is 38.1 Å². The molecule has 0 spiro atoms. The Morgan fingerprint density at radius 2 is 1.88 bits per heavy atom. The first kappa shape index (κ1) is 16.7. The highest BCUT2D eigenvalue weighted by atomic mass is 32.2. The molecule has 1 aromatic carbocycles. The summed E-state index contributed by atoms with van der Waals surface area (Å²) < 4.78 is 2.00. The largest absolute Gasteiger partial charge is 0.337 e. The van der Waals surface area contributed by atoms with Crippen molar-refractivity contribution in [3.8, 4) is 5.69 Å². The van der Waals surface area contributed by atoms with Gasteiger partial charge in [0.2, 0.25) is 0 Å². The van der Waals surface area contributed by atoms with Crippen LogP contribution in [0.4, 0.5) is 0 Å². The van der Waals surface area contributed by atoms with Gasteiger partial charge in [-0.3, -0.25) is 9.36 Å². The molecule has 132 valence electrons. The number of imidazole rings is 1. The van der Waals surface area contributed by atoms with Crippen LogP contribution in [0.1, 0.15) is 42.6 Å². The fraction of sp³-hybridized carbons (Fsp3) is 0.500. The summed E-state index contributed by atoms with van der Waals surface area (Å²) >= 11 is 1.57. The summed E-state index contributed by atoms with van der Waals surface area (Å²) in [6.45, 7) is 1.80. The quantitative estimate of drug-likeness (QED) is 0.773.